The predicted octanol–water partition coefficient (Wildman–Crippen LogP) is 1.68. The van der Waals surface area contributed by atoms with Crippen molar-refractivity contribution in [1.82, 2.24) is 15.3 Å². The smallest absolute Gasteiger partial charge is 0.254 e. The van der Waals surface area contributed by atoms with Crippen molar-refractivity contribution in [3.63, 3.8) is 0 Å². The number of halogens is 2. The molecule has 2 aromatic heterocycles. The number of rotatable bonds is 3. The van der Waals surface area contributed by atoms with Gasteiger partial charge in [-0.2, -0.15) is 4.39 Å². The summed E-state index contributed by atoms with van der Waals surface area (Å²) in [6, 6.07) is 6.33. The van der Waals surface area contributed by atoms with Crippen LogP contribution in [0.5, 0.6) is 0 Å². The minimum absolute atomic E-state index is 0.142. The highest BCUT2D eigenvalue weighted by Crippen LogP contribution is 2.08. The molecule has 6 heteroatoms. The number of carbonyl (C=O) groups is 1. The molecular formula is C12H9F2N3O. The van der Waals surface area contributed by atoms with Crippen molar-refractivity contribution in [2.24, 2.45) is 0 Å². The van der Waals surface area contributed by atoms with E-state index in [0.29, 0.717) is 5.69 Å². The highest BCUT2D eigenvalue weighted by molar-refractivity contribution is 5.94. The number of hydrogen-bond donors (Lipinski definition) is 1. The molecular weight excluding hydrogens is 240 g/mol. The van der Waals surface area contributed by atoms with Crippen molar-refractivity contribution in [3.8, 4) is 0 Å². The molecule has 1 N–H and O–H groups in total. The summed E-state index contributed by atoms with van der Waals surface area (Å²) in [6.07, 6.45) is 2.61. The highest BCUT2D eigenvalue weighted by Gasteiger charge is 2.15. The number of amides is 1. The highest BCUT2D eigenvalue weighted by atomic mass is 19.2. The van der Waals surface area contributed by atoms with E-state index in [0.717, 1.165) is 12.3 Å². The van der Waals surface area contributed by atoms with Gasteiger partial charge >= 0.3 is 0 Å². The molecule has 2 rings (SSSR count). The molecule has 18 heavy (non-hydrogen) atoms. The second kappa shape index (κ2) is 5.31. The molecule has 0 saturated heterocycles. The number of pyridine rings is 2. The fourth-order valence-corrected chi connectivity index (χ4v) is 1.36. The number of hydrogen-bond acceptors (Lipinski definition) is 3. The summed E-state index contributed by atoms with van der Waals surface area (Å²) in [4.78, 5) is 18.7. The summed E-state index contributed by atoms with van der Waals surface area (Å²) < 4.78 is 26.1. The molecule has 0 radical (unpaired) electrons. The fraction of sp³-hybridized carbons (Fsp3) is 0.0833. The van der Waals surface area contributed by atoms with E-state index in [2.05, 4.69) is 15.3 Å². The molecule has 0 aliphatic heterocycles. The van der Waals surface area contributed by atoms with E-state index in [1.54, 1.807) is 24.4 Å². The Balaban J connectivity index is 2.07. The van der Waals surface area contributed by atoms with Gasteiger partial charge in [0.1, 0.15) is 0 Å². The summed E-state index contributed by atoms with van der Waals surface area (Å²) in [5, 5.41) is 2.45. The van der Waals surface area contributed by atoms with Crippen molar-refractivity contribution >= 4 is 5.91 Å². The molecule has 0 fully saturated rings. The second-order valence-corrected chi connectivity index (χ2v) is 3.47. The number of nitrogens with zero attached hydrogens (tertiary/aromatic N) is 2. The molecule has 0 bridgehead atoms. The summed E-state index contributed by atoms with van der Waals surface area (Å²) >= 11 is 0. The molecule has 1 amide bonds. The Hall–Kier alpha value is -2.37. The number of nitrogens with one attached hydrogen (secondary N) is 1. The van der Waals surface area contributed by atoms with Crippen molar-refractivity contribution in [1.29, 1.82) is 0 Å². The molecule has 0 spiro atoms. The predicted molar refractivity (Wildman–Crippen MR) is 59.6 cm³/mol. The van der Waals surface area contributed by atoms with Crippen LogP contribution in [-0.4, -0.2) is 15.9 Å². The van der Waals surface area contributed by atoms with Gasteiger partial charge in [0.05, 0.1) is 17.8 Å². The molecule has 0 aliphatic rings. The van der Waals surface area contributed by atoms with Gasteiger partial charge in [-0.25, -0.2) is 9.37 Å². The molecule has 0 unspecified atom stereocenters. The van der Waals surface area contributed by atoms with Gasteiger partial charge in [-0.15, -0.1) is 0 Å². The van der Waals surface area contributed by atoms with Crippen LogP contribution in [-0.2, 0) is 6.54 Å². The van der Waals surface area contributed by atoms with Gasteiger partial charge in [0, 0.05) is 12.4 Å². The van der Waals surface area contributed by atoms with Crippen LogP contribution in [0.25, 0.3) is 0 Å². The normalized spacial score (nSPS) is 10.1. The van der Waals surface area contributed by atoms with Crippen molar-refractivity contribution in [2.45, 2.75) is 6.54 Å². The Bertz CT molecular complexity index is 561. The Kier molecular flexibility index (Phi) is 3.57. The van der Waals surface area contributed by atoms with Crippen LogP contribution in [0, 0.1) is 11.8 Å². The van der Waals surface area contributed by atoms with Crippen LogP contribution in [0.4, 0.5) is 8.78 Å². The minimum atomic E-state index is -1.29. The zero-order valence-corrected chi connectivity index (χ0v) is 9.23. The second-order valence-electron chi connectivity index (χ2n) is 3.47. The van der Waals surface area contributed by atoms with E-state index in [1.807, 2.05) is 0 Å². The zero-order valence-electron chi connectivity index (χ0n) is 9.23. The molecule has 2 heterocycles. The molecule has 0 aromatic carbocycles. The van der Waals surface area contributed by atoms with Crippen LogP contribution < -0.4 is 5.32 Å². The van der Waals surface area contributed by atoms with Crippen molar-refractivity contribution in [3.05, 3.63) is 59.7 Å². The lowest BCUT2D eigenvalue weighted by Crippen LogP contribution is -2.24. The Labute approximate surface area is 102 Å². The van der Waals surface area contributed by atoms with Crippen LogP contribution >= 0.6 is 0 Å². The number of aromatic nitrogens is 2. The summed E-state index contributed by atoms with van der Waals surface area (Å²) in [5.41, 5.74) is 0.249. The average Bonchev–Trinajstić information content (AvgIpc) is 2.40. The maximum atomic E-state index is 13.3. The van der Waals surface area contributed by atoms with Gasteiger partial charge in [-0.3, -0.25) is 9.78 Å². The van der Waals surface area contributed by atoms with Crippen LogP contribution in [0.3, 0.4) is 0 Å². The van der Waals surface area contributed by atoms with E-state index in [-0.39, 0.29) is 12.1 Å². The van der Waals surface area contributed by atoms with E-state index >= 15 is 0 Å². The van der Waals surface area contributed by atoms with Crippen LogP contribution in [0.15, 0.2) is 36.7 Å². The van der Waals surface area contributed by atoms with Gasteiger partial charge in [0.15, 0.2) is 5.82 Å². The van der Waals surface area contributed by atoms with E-state index in [4.69, 9.17) is 0 Å². The molecule has 0 atom stereocenters. The van der Waals surface area contributed by atoms with Gasteiger partial charge in [-0.1, -0.05) is 6.07 Å². The first-order valence-electron chi connectivity index (χ1n) is 5.16. The Morgan fingerprint density at radius 3 is 2.72 bits per heavy atom. The topological polar surface area (TPSA) is 54.9 Å². The van der Waals surface area contributed by atoms with E-state index in [9.17, 15) is 13.6 Å². The van der Waals surface area contributed by atoms with Gasteiger partial charge in [0.25, 0.3) is 5.91 Å². The van der Waals surface area contributed by atoms with Crippen molar-refractivity contribution in [2.75, 3.05) is 0 Å². The summed E-state index contributed by atoms with van der Waals surface area (Å²) in [6.45, 7) is 0.142. The average molecular weight is 249 g/mol. The van der Waals surface area contributed by atoms with E-state index < -0.39 is 17.7 Å². The lowest BCUT2D eigenvalue weighted by atomic mass is 10.2. The van der Waals surface area contributed by atoms with Gasteiger partial charge < -0.3 is 5.32 Å². The molecule has 0 saturated carbocycles. The third kappa shape index (κ3) is 2.65. The van der Waals surface area contributed by atoms with Gasteiger partial charge in [-0.05, 0) is 18.2 Å². The lowest BCUT2D eigenvalue weighted by Gasteiger charge is -2.05. The first-order chi connectivity index (χ1) is 8.68. The molecule has 92 valence electrons. The van der Waals surface area contributed by atoms with Gasteiger partial charge in [0.2, 0.25) is 5.95 Å². The molecule has 2 aromatic rings. The largest absolute Gasteiger partial charge is 0.346 e. The lowest BCUT2D eigenvalue weighted by molar-refractivity contribution is 0.0945. The standard InChI is InChI=1S/C12H9F2N3O/c13-10-9(4-6-16-11(10)14)12(18)17-7-8-3-1-2-5-15-8/h1-6H,7H2,(H,17,18). The van der Waals surface area contributed by atoms with E-state index in [1.165, 1.54) is 0 Å². The van der Waals surface area contributed by atoms with Crippen molar-refractivity contribution < 1.29 is 13.6 Å². The quantitative estimate of drug-likeness (QED) is 0.842. The third-order valence-electron chi connectivity index (χ3n) is 2.25. The van der Waals surface area contributed by atoms with Crippen LogP contribution in [0.2, 0.25) is 0 Å². The van der Waals surface area contributed by atoms with Crippen LogP contribution in [0.1, 0.15) is 16.1 Å². The maximum Gasteiger partial charge on any atom is 0.254 e. The number of carbonyl (C=O) groups excluding carboxylic acids is 1. The summed E-state index contributed by atoms with van der Waals surface area (Å²) in [7, 11) is 0. The SMILES string of the molecule is O=C(NCc1ccccn1)c1ccnc(F)c1F. The minimum Gasteiger partial charge on any atom is -0.346 e. The fourth-order valence-electron chi connectivity index (χ4n) is 1.36. The zero-order chi connectivity index (χ0) is 13.0. The Morgan fingerprint density at radius 1 is 1.17 bits per heavy atom. The Morgan fingerprint density at radius 2 is 2.00 bits per heavy atom. The first-order valence-corrected chi connectivity index (χ1v) is 5.16. The maximum absolute atomic E-state index is 13.3. The monoisotopic (exact) mass is 249 g/mol. The molecule has 4 nitrogen and oxygen atoms in total. The first kappa shape index (κ1) is 12.1. The summed E-state index contributed by atoms with van der Waals surface area (Å²) in [5.74, 6) is -3.25. The molecule has 0 aliphatic carbocycles. The third-order valence-corrected chi connectivity index (χ3v) is 2.25.